The van der Waals surface area contributed by atoms with Crippen LogP contribution in [0.5, 0.6) is 0 Å². The molecule has 0 radical (unpaired) electrons. The molecule has 1 N–H and O–H groups in total. The van der Waals surface area contributed by atoms with Crippen LogP contribution in [0.2, 0.25) is 0 Å². The second kappa shape index (κ2) is 8.46. The third-order valence-corrected chi connectivity index (χ3v) is 5.26. The average Bonchev–Trinajstić information content (AvgIpc) is 3.40. The Bertz CT molecular complexity index is 1200. The molecule has 1 aliphatic heterocycles. The fraction of sp³-hybridized carbons (Fsp3) is 0.130. The molecule has 2 heterocycles. The Hall–Kier alpha value is -4.27. The number of hydrogen-bond donors (Lipinski definition) is 1. The van der Waals surface area contributed by atoms with Gasteiger partial charge in [-0.2, -0.15) is 0 Å². The molecular weight excluding hydrogens is 419 g/mol. The fourth-order valence-electron chi connectivity index (χ4n) is 3.65. The first-order valence-corrected chi connectivity index (χ1v) is 9.68. The number of benzene rings is 2. The number of aliphatic hydroxyl groups is 1. The van der Waals surface area contributed by atoms with E-state index in [4.69, 9.17) is 4.42 Å². The van der Waals surface area contributed by atoms with E-state index >= 15 is 0 Å². The SMILES string of the molecule is O=C1C(=O)N(CCc2ccc(F)cc2)C(c2ccco2)/C1=C(/O)c1ccc([N+](=O)[O-])cc1. The predicted molar refractivity (Wildman–Crippen MR) is 111 cm³/mol. The highest BCUT2D eigenvalue weighted by Gasteiger charge is 2.47. The van der Waals surface area contributed by atoms with E-state index in [2.05, 4.69) is 0 Å². The molecule has 0 spiro atoms. The molecule has 1 fully saturated rings. The van der Waals surface area contributed by atoms with Gasteiger partial charge in [-0.05, 0) is 48.4 Å². The van der Waals surface area contributed by atoms with Crippen LogP contribution in [0.15, 0.2) is 76.9 Å². The van der Waals surface area contributed by atoms with E-state index in [1.54, 1.807) is 24.3 Å². The second-order valence-electron chi connectivity index (χ2n) is 7.19. The minimum absolute atomic E-state index is 0.124. The maximum absolute atomic E-state index is 13.2. The van der Waals surface area contributed by atoms with Gasteiger partial charge in [0.1, 0.15) is 23.4 Å². The summed E-state index contributed by atoms with van der Waals surface area (Å²) in [7, 11) is 0. The first-order valence-electron chi connectivity index (χ1n) is 9.68. The van der Waals surface area contributed by atoms with Crippen molar-refractivity contribution in [1.82, 2.24) is 4.90 Å². The number of hydrogen-bond acceptors (Lipinski definition) is 6. The Morgan fingerprint density at radius 2 is 1.78 bits per heavy atom. The molecule has 0 bridgehead atoms. The number of aliphatic hydroxyl groups excluding tert-OH is 1. The first-order chi connectivity index (χ1) is 15.4. The summed E-state index contributed by atoms with van der Waals surface area (Å²) in [5.41, 5.74) is 0.576. The highest BCUT2D eigenvalue weighted by molar-refractivity contribution is 6.46. The lowest BCUT2D eigenvalue weighted by molar-refractivity contribution is -0.384. The Morgan fingerprint density at radius 3 is 2.38 bits per heavy atom. The van der Waals surface area contributed by atoms with Crippen molar-refractivity contribution in [2.24, 2.45) is 0 Å². The molecule has 1 amide bonds. The number of carbonyl (C=O) groups is 2. The summed E-state index contributed by atoms with van der Waals surface area (Å²) in [5, 5.41) is 21.8. The molecule has 1 atom stereocenters. The smallest absolute Gasteiger partial charge is 0.295 e. The lowest BCUT2D eigenvalue weighted by atomic mass is 9.99. The number of ketones is 1. The molecule has 1 aliphatic rings. The normalized spacial score (nSPS) is 17.7. The van der Waals surface area contributed by atoms with Crippen LogP contribution in [0.4, 0.5) is 10.1 Å². The van der Waals surface area contributed by atoms with Crippen molar-refractivity contribution in [3.63, 3.8) is 0 Å². The van der Waals surface area contributed by atoms with Crippen LogP contribution in [0.3, 0.4) is 0 Å². The highest BCUT2D eigenvalue weighted by atomic mass is 19.1. The minimum Gasteiger partial charge on any atom is -0.507 e. The molecule has 1 aromatic heterocycles. The van der Waals surface area contributed by atoms with Crippen molar-refractivity contribution in [1.29, 1.82) is 0 Å². The maximum atomic E-state index is 13.2. The number of likely N-dealkylation sites (tertiary alicyclic amines) is 1. The molecule has 4 rings (SSSR count). The quantitative estimate of drug-likeness (QED) is 0.205. The number of furan rings is 1. The molecule has 0 aliphatic carbocycles. The van der Waals surface area contributed by atoms with Crippen LogP contribution in [0.25, 0.3) is 5.76 Å². The van der Waals surface area contributed by atoms with E-state index in [0.29, 0.717) is 6.42 Å². The maximum Gasteiger partial charge on any atom is 0.295 e. The van der Waals surface area contributed by atoms with Crippen molar-refractivity contribution >= 4 is 23.1 Å². The molecular formula is C23H17FN2O6. The van der Waals surface area contributed by atoms with E-state index < -0.39 is 28.4 Å². The van der Waals surface area contributed by atoms with E-state index in [9.17, 15) is 29.2 Å². The largest absolute Gasteiger partial charge is 0.507 e. The van der Waals surface area contributed by atoms with Crippen LogP contribution >= 0.6 is 0 Å². The lowest BCUT2D eigenvalue weighted by Crippen LogP contribution is -2.31. The summed E-state index contributed by atoms with van der Waals surface area (Å²) in [6.45, 7) is 0.124. The van der Waals surface area contributed by atoms with Gasteiger partial charge in [-0.1, -0.05) is 12.1 Å². The molecule has 1 saturated heterocycles. The van der Waals surface area contributed by atoms with Gasteiger partial charge in [0, 0.05) is 24.2 Å². The highest BCUT2D eigenvalue weighted by Crippen LogP contribution is 2.39. The number of rotatable bonds is 6. The van der Waals surface area contributed by atoms with E-state index in [-0.39, 0.29) is 34.9 Å². The van der Waals surface area contributed by atoms with Crippen LogP contribution in [-0.2, 0) is 16.0 Å². The van der Waals surface area contributed by atoms with Crippen molar-refractivity contribution in [3.05, 3.63) is 105 Å². The molecule has 2 aromatic carbocycles. The third-order valence-electron chi connectivity index (χ3n) is 5.26. The molecule has 1 unspecified atom stereocenters. The van der Waals surface area contributed by atoms with E-state index in [1.165, 1.54) is 47.6 Å². The zero-order valence-electron chi connectivity index (χ0n) is 16.6. The number of nitro benzene ring substituents is 1. The van der Waals surface area contributed by atoms with Crippen molar-refractivity contribution < 1.29 is 28.4 Å². The summed E-state index contributed by atoms with van der Waals surface area (Å²) in [4.78, 5) is 37.3. The zero-order chi connectivity index (χ0) is 22.8. The number of non-ortho nitro benzene ring substituents is 1. The van der Waals surface area contributed by atoms with Gasteiger partial charge >= 0.3 is 0 Å². The Morgan fingerprint density at radius 1 is 1.09 bits per heavy atom. The topological polar surface area (TPSA) is 114 Å². The van der Waals surface area contributed by atoms with Gasteiger partial charge in [-0.15, -0.1) is 0 Å². The predicted octanol–water partition coefficient (Wildman–Crippen LogP) is 3.99. The third kappa shape index (κ3) is 3.87. The first kappa shape index (κ1) is 21.0. The fourth-order valence-corrected chi connectivity index (χ4v) is 3.65. The van der Waals surface area contributed by atoms with Crippen LogP contribution < -0.4 is 0 Å². The minimum atomic E-state index is -0.972. The summed E-state index contributed by atoms with van der Waals surface area (Å²) >= 11 is 0. The van der Waals surface area contributed by atoms with Gasteiger partial charge in [0.15, 0.2) is 0 Å². The molecule has 8 nitrogen and oxygen atoms in total. The number of nitro groups is 1. The van der Waals surface area contributed by atoms with E-state index in [1.807, 2.05) is 0 Å². The standard InChI is InChI=1S/C23H17FN2O6/c24-16-7-3-14(4-8-16)11-12-25-20(18-2-1-13-32-18)19(22(28)23(25)29)21(27)15-5-9-17(10-6-15)26(30)31/h1-10,13,20,27H,11-12H2/b21-19-. The zero-order valence-corrected chi connectivity index (χ0v) is 16.6. The lowest BCUT2D eigenvalue weighted by Gasteiger charge is -2.23. The number of Topliss-reactive ketones (excluding diaryl/α,β-unsaturated/α-hetero) is 1. The summed E-state index contributed by atoms with van der Waals surface area (Å²) in [6, 6.07) is 13.0. The molecule has 162 valence electrons. The molecule has 0 saturated carbocycles. The molecule has 3 aromatic rings. The van der Waals surface area contributed by atoms with Crippen LogP contribution in [0.1, 0.15) is 22.9 Å². The van der Waals surface area contributed by atoms with Crippen LogP contribution in [0, 0.1) is 15.9 Å². The van der Waals surface area contributed by atoms with Gasteiger partial charge in [-0.3, -0.25) is 19.7 Å². The van der Waals surface area contributed by atoms with Crippen molar-refractivity contribution in [2.75, 3.05) is 6.54 Å². The number of nitrogens with zero attached hydrogens (tertiary/aromatic N) is 2. The van der Waals surface area contributed by atoms with Gasteiger partial charge < -0.3 is 14.4 Å². The van der Waals surface area contributed by atoms with Gasteiger partial charge in [0.25, 0.3) is 17.4 Å². The Kier molecular flexibility index (Phi) is 5.55. The van der Waals surface area contributed by atoms with Gasteiger partial charge in [0.2, 0.25) is 0 Å². The number of carbonyl (C=O) groups excluding carboxylic acids is 2. The monoisotopic (exact) mass is 436 g/mol. The van der Waals surface area contributed by atoms with Crippen molar-refractivity contribution in [3.8, 4) is 0 Å². The van der Waals surface area contributed by atoms with Crippen LogP contribution in [-0.4, -0.2) is 33.2 Å². The Labute approximate surface area is 181 Å². The summed E-state index contributed by atoms with van der Waals surface area (Å²) in [6.07, 6.45) is 1.74. The summed E-state index contributed by atoms with van der Waals surface area (Å²) < 4.78 is 18.6. The molecule has 32 heavy (non-hydrogen) atoms. The van der Waals surface area contributed by atoms with Gasteiger partial charge in [0.05, 0.1) is 16.8 Å². The van der Waals surface area contributed by atoms with Gasteiger partial charge in [-0.25, -0.2) is 4.39 Å². The summed E-state index contributed by atoms with van der Waals surface area (Å²) in [5.74, 6) is -2.25. The molecule has 9 heteroatoms. The number of amides is 1. The van der Waals surface area contributed by atoms with E-state index in [0.717, 1.165) is 5.56 Å². The Balaban J connectivity index is 1.71. The average molecular weight is 436 g/mol. The number of halogens is 1. The van der Waals surface area contributed by atoms with Crippen molar-refractivity contribution in [2.45, 2.75) is 12.5 Å². The second-order valence-corrected chi connectivity index (χ2v) is 7.19.